The standard InChI is InChI=1S/C21H21ClN2O7S3Se/c1-13-12-31-21-20(13)23(7-3-9-33(25,26)27)17(32-21)11-19-24(8-2-4-18(24)34(28,29)30)15-10-14(22)5-6-16(15)35-19/h5-6,10-12,18H,2-4,7-9H2,1H3/p+2. The molecule has 2 atom stereocenters. The van der Waals surface area contributed by atoms with E-state index < -0.39 is 25.6 Å². The van der Waals surface area contributed by atoms with E-state index in [9.17, 15) is 25.9 Å². The normalized spacial score (nSPS) is 23.7. The maximum absolute atomic E-state index is 12.5. The fourth-order valence-corrected chi connectivity index (χ4v) is 11.2. The number of thiazole rings is 1. The van der Waals surface area contributed by atoms with Gasteiger partial charge in [0, 0.05) is 0 Å². The summed E-state index contributed by atoms with van der Waals surface area (Å²) in [6.45, 7) is 2.75. The second-order valence-corrected chi connectivity index (χ2v) is 15.5. The van der Waals surface area contributed by atoms with Crippen molar-refractivity contribution in [1.29, 1.82) is 0 Å². The van der Waals surface area contributed by atoms with Crippen molar-refractivity contribution in [3.63, 3.8) is 0 Å². The molecule has 9 nitrogen and oxygen atoms in total. The molecule has 1 spiro atoms. The minimum atomic E-state index is -4.35. The van der Waals surface area contributed by atoms with E-state index in [1.807, 2.05) is 23.6 Å². The Balaban J connectivity index is 1.67. The summed E-state index contributed by atoms with van der Waals surface area (Å²) in [7, 11) is -8.45. The van der Waals surface area contributed by atoms with Crippen LogP contribution < -0.4 is 13.5 Å². The molecule has 1 aromatic carbocycles. The van der Waals surface area contributed by atoms with E-state index in [1.54, 1.807) is 18.4 Å². The van der Waals surface area contributed by atoms with E-state index in [0.717, 1.165) is 30.8 Å². The second-order valence-electron chi connectivity index (χ2n) is 8.69. The summed E-state index contributed by atoms with van der Waals surface area (Å²) in [6.07, 6.45) is 4.76. The van der Waals surface area contributed by atoms with Crippen LogP contribution in [0.4, 0.5) is 5.69 Å². The van der Waals surface area contributed by atoms with Crippen LogP contribution in [0.1, 0.15) is 29.8 Å². The van der Waals surface area contributed by atoms with Gasteiger partial charge in [-0.15, -0.1) is 0 Å². The topological polar surface area (TPSA) is 126 Å². The van der Waals surface area contributed by atoms with Crippen LogP contribution in [0, 0.1) is 6.92 Å². The van der Waals surface area contributed by atoms with Crippen molar-refractivity contribution in [3.8, 4) is 0 Å². The van der Waals surface area contributed by atoms with Gasteiger partial charge in [-0.05, 0) is 0 Å². The molecule has 2 unspecified atom stereocenters. The van der Waals surface area contributed by atoms with Gasteiger partial charge < -0.3 is 0 Å². The van der Waals surface area contributed by atoms with Crippen molar-refractivity contribution in [2.75, 3.05) is 12.3 Å². The van der Waals surface area contributed by atoms with Gasteiger partial charge in [-0.1, -0.05) is 0 Å². The number of rotatable bonds is 6. The zero-order valence-electron chi connectivity index (χ0n) is 18.5. The molecule has 0 bridgehead atoms. The Bertz CT molecular complexity index is 1580. The fourth-order valence-electron chi connectivity index (χ4n) is 5.04. The van der Waals surface area contributed by atoms with Gasteiger partial charge in [0.15, 0.2) is 0 Å². The number of aryl methyl sites for hydroxylation is 2. The van der Waals surface area contributed by atoms with E-state index in [1.165, 1.54) is 11.3 Å². The van der Waals surface area contributed by atoms with Gasteiger partial charge in [0.2, 0.25) is 0 Å². The van der Waals surface area contributed by atoms with Gasteiger partial charge in [-0.2, -0.15) is 0 Å². The summed E-state index contributed by atoms with van der Waals surface area (Å²) in [5.74, 6) is -0.372. The predicted octanol–water partition coefficient (Wildman–Crippen LogP) is 2.68. The molecule has 1 fully saturated rings. The Kier molecular flexibility index (Phi) is 6.47. The molecule has 0 radical (unpaired) electrons. The zero-order chi connectivity index (χ0) is 25.2. The molecular weight excluding hydrogens is 603 g/mol. The molecule has 4 heterocycles. The Morgan fingerprint density at radius 3 is 2.80 bits per heavy atom. The molecule has 35 heavy (non-hydrogen) atoms. The molecular formula is C21H23ClN2O7S3Se+2. The monoisotopic (exact) mass is 626 g/mol. The minimum absolute atomic E-state index is 0.0258. The van der Waals surface area contributed by atoms with Crippen molar-refractivity contribution >= 4 is 84.8 Å². The van der Waals surface area contributed by atoms with Crippen LogP contribution in [0.2, 0.25) is 5.02 Å². The number of hydrogen-bond acceptors (Lipinski definition) is 6. The molecule has 2 N–H and O–H groups in total. The third-order valence-electron chi connectivity index (χ3n) is 6.43. The zero-order valence-corrected chi connectivity index (χ0v) is 23.5. The van der Waals surface area contributed by atoms with Gasteiger partial charge in [0.05, 0.1) is 0 Å². The number of hydrogen-bond donors (Lipinski definition) is 2. The molecule has 188 valence electrons. The van der Waals surface area contributed by atoms with Crippen LogP contribution in [-0.4, -0.2) is 58.6 Å². The van der Waals surface area contributed by atoms with E-state index in [-0.39, 0.29) is 31.6 Å². The second kappa shape index (κ2) is 8.93. The van der Waals surface area contributed by atoms with E-state index in [4.69, 9.17) is 16.0 Å². The van der Waals surface area contributed by atoms with Crippen LogP contribution in [0.25, 0.3) is 16.5 Å². The van der Waals surface area contributed by atoms with Crippen molar-refractivity contribution in [3.05, 3.63) is 44.7 Å². The van der Waals surface area contributed by atoms with Gasteiger partial charge in [0.1, 0.15) is 0 Å². The van der Waals surface area contributed by atoms with Gasteiger partial charge >= 0.3 is 219 Å². The first-order valence-electron chi connectivity index (χ1n) is 10.8. The van der Waals surface area contributed by atoms with Crippen molar-refractivity contribution in [2.45, 2.75) is 38.1 Å². The molecule has 14 heteroatoms. The van der Waals surface area contributed by atoms with Crippen molar-refractivity contribution < 1.29 is 34.9 Å². The first-order chi connectivity index (χ1) is 16.4. The third-order valence-corrected chi connectivity index (χ3v) is 12.3. The molecule has 3 aromatic rings. The number of quaternary nitrogens is 1. The Hall–Kier alpha value is -1.28. The van der Waals surface area contributed by atoms with Crippen molar-refractivity contribution in [2.24, 2.45) is 0 Å². The molecule has 0 aliphatic carbocycles. The first kappa shape index (κ1) is 25.4. The Morgan fingerprint density at radius 1 is 1.31 bits per heavy atom. The van der Waals surface area contributed by atoms with Gasteiger partial charge in [-0.3, -0.25) is 0 Å². The van der Waals surface area contributed by atoms with Crippen LogP contribution >= 0.6 is 22.9 Å². The van der Waals surface area contributed by atoms with Crippen molar-refractivity contribution in [1.82, 2.24) is 4.48 Å². The summed E-state index contributed by atoms with van der Waals surface area (Å²) < 4.78 is 76.6. The van der Waals surface area contributed by atoms with E-state index >= 15 is 0 Å². The molecule has 0 saturated carbocycles. The molecule has 1 saturated heterocycles. The number of nitrogens with zero attached hydrogens (tertiary/aromatic N) is 2. The summed E-state index contributed by atoms with van der Waals surface area (Å²) >= 11 is 7.48. The first-order valence-corrected chi connectivity index (χ1v) is 16.8. The van der Waals surface area contributed by atoms with Crippen LogP contribution in [0.3, 0.4) is 0 Å². The maximum atomic E-state index is 12.5. The average Bonchev–Trinajstić information content (AvgIpc) is 3.49. The molecule has 2 aliphatic rings. The average molecular weight is 626 g/mol. The number of benzene rings is 1. The third kappa shape index (κ3) is 4.51. The Labute approximate surface area is 218 Å². The van der Waals surface area contributed by atoms with E-state index in [0.29, 0.717) is 35.9 Å². The van der Waals surface area contributed by atoms with Crippen LogP contribution in [-0.2, 0) is 26.8 Å². The predicted molar refractivity (Wildman–Crippen MR) is 136 cm³/mol. The molecule has 2 aromatic heterocycles. The summed E-state index contributed by atoms with van der Waals surface area (Å²) in [5, 5.41) is 0.267. The van der Waals surface area contributed by atoms with Crippen LogP contribution in [0.5, 0.6) is 0 Å². The molecule has 0 amide bonds. The fraction of sp³-hybridized carbons (Fsp3) is 0.381. The van der Waals surface area contributed by atoms with E-state index in [2.05, 4.69) is 0 Å². The SMILES string of the molecule is Cc1coc2sc(C=C3[Se]c4ccc(Cl)cc4[N+]34CCCC4S(=O)(=O)O)[n+](CCCS(=O)(=O)O)c12. The number of halogens is 1. The van der Waals surface area contributed by atoms with Crippen LogP contribution in [0.15, 0.2) is 33.5 Å². The van der Waals surface area contributed by atoms with Gasteiger partial charge in [-0.25, -0.2) is 0 Å². The van der Waals surface area contributed by atoms with Gasteiger partial charge in [0.25, 0.3) is 0 Å². The number of furan rings is 1. The molecule has 2 aliphatic heterocycles. The molecule has 5 rings (SSSR count). The summed E-state index contributed by atoms with van der Waals surface area (Å²) in [5.41, 5.74) is 2.53. The summed E-state index contributed by atoms with van der Waals surface area (Å²) in [6, 6.07) is 5.51. The number of aromatic nitrogens is 1. The summed E-state index contributed by atoms with van der Waals surface area (Å²) in [4.78, 5) is 0.673. The number of fused-ring (bicyclic) bond motifs is 3. The Morgan fingerprint density at radius 2 is 2.09 bits per heavy atom. The quantitative estimate of drug-likeness (QED) is 0.187.